The summed E-state index contributed by atoms with van der Waals surface area (Å²) in [5.74, 6) is 0.646. The molecule has 1 aromatic heterocycles. The molecule has 1 aliphatic rings. The summed E-state index contributed by atoms with van der Waals surface area (Å²) >= 11 is 1.75. The van der Waals surface area contributed by atoms with Gasteiger partial charge in [0.2, 0.25) is 5.91 Å². The third-order valence-corrected chi connectivity index (χ3v) is 5.70. The van der Waals surface area contributed by atoms with Crippen molar-refractivity contribution in [3.63, 3.8) is 0 Å². The normalized spacial score (nSPS) is 28.1. The third-order valence-electron chi connectivity index (χ3n) is 4.53. The number of amides is 1. The molecule has 2 N–H and O–H groups in total. The lowest BCUT2D eigenvalue weighted by Crippen LogP contribution is -2.56. The molecule has 1 aliphatic carbocycles. The summed E-state index contributed by atoms with van der Waals surface area (Å²) in [5, 5.41) is 0. The van der Waals surface area contributed by atoms with E-state index in [-0.39, 0.29) is 11.9 Å². The van der Waals surface area contributed by atoms with Crippen molar-refractivity contribution in [3.05, 3.63) is 21.9 Å². The molecule has 1 saturated carbocycles. The highest BCUT2D eigenvalue weighted by atomic mass is 32.1. The van der Waals surface area contributed by atoms with Crippen LogP contribution in [0.15, 0.2) is 12.1 Å². The van der Waals surface area contributed by atoms with Crippen molar-refractivity contribution in [3.8, 4) is 0 Å². The predicted octanol–water partition coefficient (Wildman–Crippen LogP) is 3.48. The number of carbonyl (C=O) groups is 1. The zero-order valence-electron chi connectivity index (χ0n) is 13.0. The van der Waals surface area contributed by atoms with E-state index in [9.17, 15) is 4.79 Å². The van der Waals surface area contributed by atoms with Crippen LogP contribution in [-0.2, 0) is 4.79 Å². The predicted molar refractivity (Wildman–Crippen MR) is 84.8 cm³/mol. The summed E-state index contributed by atoms with van der Waals surface area (Å²) < 4.78 is 0. The Kier molecular flexibility index (Phi) is 4.55. The van der Waals surface area contributed by atoms with Crippen molar-refractivity contribution in [1.82, 2.24) is 4.90 Å². The summed E-state index contributed by atoms with van der Waals surface area (Å²) in [6.07, 6.45) is 3.88. The minimum atomic E-state index is -0.660. The van der Waals surface area contributed by atoms with Gasteiger partial charge >= 0.3 is 0 Å². The number of nitrogens with two attached hydrogens (primary N) is 1. The molecule has 112 valence electrons. The Morgan fingerprint density at radius 1 is 1.55 bits per heavy atom. The van der Waals surface area contributed by atoms with E-state index < -0.39 is 5.54 Å². The molecule has 0 bridgehead atoms. The second-order valence-corrected chi connectivity index (χ2v) is 7.72. The van der Waals surface area contributed by atoms with Gasteiger partial charge in [-0.15, -0.1) is 11.3 Å². The van der Waals surface area contributed by atoms with Crippen molar-refractivity contribution in [2.24, 2.45) is 11.7 Å². The third kappa shape index (κ3) is 3.07. The van der Waals surface area contributed by atoms with E-state index in [1.807, 2.05) is 11.9 Å². The van der Waals surface area contributed by atoms with Gasteiger partial charge in [0, 0.05) is 16.8 Å². The molecular weight excluding hydrogens is 268 g/mol. The number of hydrogen-bond acceptors (Lipinski definition) is 3. The van der Waals surface area contributed by atoms with Gasteiger partial charge in [-0.1, -0.05) is 19.8 Å². The lowest BCUT2D eigenvalue weighted by molar-refractivity contribution is -0.139. The first-order valence-corrected chi connectivity index (χ1v) is 8.27. The maximum absolute atomic E-state index is 12.8. The maximum Gasteiger partial charge on any atom is 0.242 e. The number of thiophene rings is 1. The van der Waals surface area contributed by atoms with Crippen LogP contribution in [0.4, 0.5) is 0 Å². The van der Waals surface area contributed by atoms with Gasteiger partial charge in [0.25, 0.3) is 0 Å². The van der Waals surface area contributed by atoms with Crippen LogP contribution >= 0.6 is 11.3 Å². The smallest absolute Gasteiger partial charge is 0.242 e. The Bertz CT molecular complexity index is 485. The van der Waals surface area contributed by atoms with Crippen LogP contribution in [0.3, 0.4) is 0 Å². The molecule has 0 spiro atoms. The molecule has 1 aromatic rings. The Morgan fingerprint density at radius 2 is 2.25 bits per heavy atom. The van der Waals surface area contributed by atoms with Gasteiger partial charge in [0.05, 0.1) is 11.6 Å². The zero-order chi connectivity index (χ0) is 14.9. The molecule has 1 fully saturated rings. The lowest BCUT2D eigenvalue weighted by atomic mass is 9.76. The lowest BCUT2D eigenvalue weighted by Gasteiger charge is -2.39. The van der Waals surface area contributed by atoms with E-state index in [4.69, 9.17) is 5.73 Å². The molecule has 0 saturated heterocycles. The van der Waals surface area contributed by atoms with E-state index in [1.165, 1.54) is 16.2 Å². The van der Waals surface area contributed by atoms with E-state index in [2.05, 4.69) is 32.9 Å². The molecular formula is C16H26N2OS. The minimum absolute atomic E-state index is 0.0962. The Balaban J connectivity index is 2.11. The van der Waals surface area contributed by atoms with Crippen molar-refractivity contribution in [2.45, 2.75) is 58.0 Å². The van der Waals surface area contributed by atoms with E-state index in [1.54, 1.807) is 11.3 Å². The Labute approximate surface area is 126 Å². The highest BCUT2D eigenvalue weighted by Crippen LogP contribution is 2.34. The largest absolute Gasteiger partial charge is 0.337 e. The number of carbonyl (C=O) groups excluding carboxylic acids is 1. The van der Waals surface area contributed by atoms with Crippen LogP contribution in [0, 0.1) is 12.8 Å². The van der Waals surface area contributed by atoms with E-state index in [0.717, 1.165) is 19.3 Å². The number of aryl methyl sites for hydroxylation is 1. The number of hydrogen-bond donors (Lipinski definition) is 1. The van der Waals surface area contributed by atoms with Crippen molar-refractivity contribution >= 4 is 17.2 Å². The highest BCUT2D eigenvalue weighted by Gasteiger charge is 2.40. The Hall–Kier alpha value is -0.870. The summed E-state index contributed by atoms with van der Waals surface area (Å²) in [6, 6.07) is 4.32. The molecule has 1 heterocycles. The summed E-state index contributed by atoms with van der Waals surface area (Å²) in [5.41, 5.74) is 5.77. The van der Waals surface area contributed by atoms with E-state index in [0.29, 0.717) is 5.92 Å². The van der Waals surface area contributed by atoms with Crippen LogP contribution in [0.1, 0.15) is 55.3 Å². The first-order valence-electron chi connectivity index (χ1n) is 7.46. The van der Waals surface area contributed by atoms with Gasteiger partial charge < -0.3 is 10.6 Å². The van der Waals surface area contributed by atoms with Gasteiger partial charge in [-0.25, -0.2) is 0 Å². The van der Waals surface area contributed by atoms with E-state index >= 15 is 0 Å². The molecule has 3 nitrogen and oxygen atoms in total. The molecule has 20 heavy (non-hydrogen) atoms. The molecule has 2 rings (SSSR count). The first kappa shape index (κ1) is 15.5. The average molecular weight is 294 g/mol. The number of likely N-dealkylation sites (N-methyl/N-ethyl adjacent to an activating group) is 1. The van der Waals surface area contributed by atoms with Crippen LogP contribution in [-0.4, -0.2) is 23.4 Å². The zero-order valence-corrected chi connectivity index (χ0v) is 13.8. The van der Waals surface area contributed by atoms with Crippen LogP contribution in [0.2, 0.25) is 0 Å². The van der Waals surface area contributed by atoms with Crippen molar-refractivity contribution in [2.75, 3.05) is 7.05 Å². The standard InChI is InChI=1S/C16H26N2OS/c1-11-6-5-9-16(17,10-11)15(19)18(4)13(3)14-8-7-12(2)20-14/h7-8,11,13H,5-6,9-10,17H2,1-4H3. The summed E-state index contributed by atoms with van der Waals surface area (Å²) in [4.78, 5) is 17.1. The number of rotatable bonds is 3. The maximum atomic E-state index is 12.8. The Morgan fingerprint density at radius 3 is 2.80 bits per heavy atom. The van der Waals surface area contributed by atoms with Gasteiger partial charge in [0.15, 0.2) is 0 Å². The van der Waals surface area contributed by atoms with Gasteiger partial charge in [-0.2, -0.15) is 0 Å². The average Bonchev–Trinajstić information content (AvgIpc) is 2.82. The van der Waals surface area contributed by atoms with Gasteiger partial charge in [0.1, 0.15) is 0 Å². The van der Waals surface area contributed by atoms with Gasteiger partial charge in [-0.05, 0) is 44.7 Å². The second kappa shape index (κ2) is 5.86. The van der Waals surface area contributed by atoms with Gasteiger partial charge in [-0.3, -0.25) is 4.79 Å². The quantitative estimate of drug-likeness (QED) is 0.927. The molecule has 4 heteroatoms. The topological polar surface area (TPSA) is 46.3 Å². The van der Waals surface area contributed by atoms with Crippen LogP contribution in [0.5, 0.6) is 0 Å². The molecule has 0 radical (unpaired) electrons. The monoisotopic (exact) mass is 294 g/mol. The molecule has 3 unspecified atom stereocenters. The summed E-state index contributed by atoms with van der Waals surface area (Å²) in [6.45, 7) is 6.37. The second-order valence-electron chi connectivity index (χ2n) is 6.40. The fourth-order valence-electron chi connectivity index (χ4n) is 3.18. The fraction of sp³-hybridized carbons (Fsp3) is 0.688. The first-order chi connectivity index (χ1) is 9.33. The number of nitrogens with zero attached hydrogens (tertiary/aromatic N) is 1. The highest BCUT2D eigenvalue weighted by molar-refractivity contribution is 7.12. The molecule has 0 aromatic carbocycles. The fourth-order valence-corrected chi connectivity index (χ4v) is 4.15. The molecule has 3 atom stereocenters. The van der Waals surface area contributed by atoms with Crippen LogP contribution < -0.4 is 5.73 Å². The SMILES string of the molecule is Cc1ccc(C(C)N(C)C(=O)C2(N)CCCC(C)C2)s1. The molecule has 0 aliphatic heterocycles. The van der Waals surface area contributed by atoms with Crippen molar-refractivity contribution in [1.29, 1.82) is 0 Å². The van der Waals surface area contributed by atoms with Crippen LogP contribution in [0.25, 0.3) is 0 Å². The molecule has 1 amide bonds. The minimum Gasteiger partial charge on any atom is -0.337 e. The van der Waals surface area contributed by atoms with Crippen molar-refractivity contribution < 1.29 is 4.79 Å². The summed E-state index contributed by atoms with van der Waals surface area (Å²) in [7, 11) is 1.88.